The molecule has 8 heteroatoms. The van der Waals surface area contributed by atoms with Crippen LogP contribution >= 0.6 is 23.1 Å². The second-order valence-electron chi connectivity index (χ2n) is 9.23. The highest BCUT2D eigenvalue weighted by atomic mass is 32.2. The van der Waals surface area contributed by atoms with E-state index in [1.54, 1.807) is 0 Å². The van der Waals surface area contributed by atoms with E-state index < -0.39 is 0 Å². The molecular weight excluding hydrogens is 478 g/mol. The monoisotopic (exact) mass is 511 g/mol. The van der Waals surface area contributed by atoms with Crippen LogP contribution in [-0.2, 0) is 35.2 Å². The standard InChI is InChI=1S/C27H33N3O3S2/c1-33-27(32)24-20-11-7-3-5-9-13-22(20)35-26(24)30-23(31)14-15-34-25-19(17-28)16-18-10-6-2-4-8-12-21(18)29-25/h16H,2-15H2,1H3,(H,30,31). The van der Waals surface area contributed by atoms with Gasteiger partial charge >= 0.3 is 5.97 Å². The quantitative estimate of drug-likeness (QED) is 0.365. The summed E-state index contributed by atoms with van der Waals surface area (Å²) in [4.78, 5) is 31.4. The van der Waals surface area contributed by atoms with Crippen molar-refractivity contribution in [1.82, 2.24) is 4.98 Å². The van der Waals surface area contributed by atoms with Gasteiger partial charge in [0.15, 0.2) is 0 Å². The van der Waals surface area contributed by atoms with E-state index in [-0.39, 0.29) is 18.3 Å². The Labute approximate surface area is 215 Å². The molecule has 1 N–H and O–H groups in total. The van der Waals surface area contributed by atoms with Crippen LogP contribution in [-0.4, -0.2) is 29.7 Å². The van der Waals surface area contributed by atoms with Crippen LogP contribution in [0.25, 0.3) is 0 Å². The molecule has 6 nitrogen and oxygen atoms in total. The molecule has 0 atom stereocenters. The summed E-state index contributed by atoms with van der Waals surface area (Å²) in [5, 5.41) is 14.0. The third kappa shape index (κ3) is 6.45. The molecule has 2 aliphatic rings. The molecule has 35 heavy (non-hydrogen) atoms. The van der Waals surface area contributed by atoms with Gasteiger partial charge in [-0.25, -0.2) is 9.78 Å². The van der Waals surface area contributed by atoms with Gasteiger partial charge in [0, 0.05) is 22.7 Å². The van der Waals surface area contributed by atoms with Crippen molar-refractivity contribution in [3.8, 4) is 6.07 Å². The maximum atomic E-state index is 12.8. The Morgan fingerprint density at radius 1 is 1.09 bits per heavy atom. The Hall–Kier alpha value is -2.37. The zero-order valence-corrected chi connectivity index (χ0v) is 22.0. The lowest BCUT2D eigenvalue weighted by Gasteiger charge is -2.15. The minimum atomic E-state index is -0.378. The number of esters is 1. The number of nitrogens with one attached hydrogen (secondary N) is 1. The fourth-order valence-corrected chi connectivity index (χ4v) is 7.12. The first kappa shape index (κ1) is 25.7. The lowest BCUT2D eigenvalue weighted by atomic mass is 9.96. The van der Waals surface area contributed by atoms with Crippen LogP contribution in [0.1, 0.15) is 95.4 Å². The highest BCUT2D eigenvalue weighted by molar-refractivity contribution is 7.99. The number of hydrogen-bond acceptors (Lipinski definition) is 7. The maximum absolute atomic E-state index is 12.8. The molecule has 0 aliphatic heterocycles. The molecule has 2 heterocycles. The van der Waals surface area contributed by atoms with Crippen LogP contribution in [0.15, 0.2) is 11.1 Å². The average molecular weight is 512 g/mol. The number of nitriles is 1. The third-order valence-corrected chi connectivity index (χ3v) is 8.97. The van der Waals surface area contributed by atoms with Crippen molar-refractivity contribution in [1.29, 1.82) is 5.26 Å². The minimum Gasteiger partial charge on any atom is -0.465 e. The topological polar surface area (TPSA) is 92.1 Å². The van der Waals surface area contributed by atoms with Gasteiger partial charge in [0.1, 0.15) is 16.1 Å². The van der Waals surface area contributed by atoms with E-state index in [4.69, 9.17) is 9.72 Å². The number of ether oxygens (including phenoxy) is 1. The number of fused-ring (bicyclic) bond motifs is 2. The number of hydrogen-bond donors (Lipinski definition) is 1. The lowest BCUT2D eigenvalue weighted by Crippen LogP contribution is -2.15. The van der Waals surface area contributed by atoms with Gasteiger partial charge in [0.05, 0.1) is 18.2 Å². The number of anilines is 1. The molecule has 0 radical (unpaired) electrons. The van der Waals surface area contributed by atoms with Crippen molar-refractivity contribution in [3.05, 3.63) is 38.9 Å². The number of thioether (sulfide) groups is 1. The van der Waals surface area contributed by atoms with Gasteiger partial charge in [-0.3, -0.25) is 4.79 Å². The van der Waals surface area contributed by atoms with Crippen molar-refractivity contribution >= 4 is 40.0 Å². The molecule has 186 valence electrons. The smallest absolute Gasteiger partial charge is 0.341 e. The average Bonchev–Trinajstić information content (AvgIpc) is 3.14. The summed E-state index contributed by atoms with van der Waals surface area (Å²) in [5.41, 5.74) is 4.49. The number of amides is 1. The van der Waals surface area contributed by atoms with Crippen molar-refractivity contribution < 1.29 is 14.3 Å². The molecular formula is C27H33N3O3S2. The summed E-state index contributed by atoms with van der Waals surface area (Å²) in [7, 11) is 1.39. The zero-order valence-electron chi connectivity index (χ0n) is 20.4. The number of rotatable bonds is 6. The third-order valence-electron chi connectivity index (χ3n) is 6.77. The second kappa shape index (κ2) is 12.5. The number of carbonyl (C=O) groups excluding carboxylic acids is 2. The van der Waals surface area contributed by atoms with Gasteiger partial charge in [-0.1, -0.05) is 25.7 Å². The number of thiophene rings is 1. The highest BCUT2D eigenvalue weighted by Crippen LogP contribution is 2.37. The van der Waals surface area contributed by atoms with Crippen molar-refractivity contribution in [3.63, 3.8) is 0 Å². The van der Waals surface area contributed by atoms with Crippen LogP contribution in [0.4, 0.5) is 5.00 Å². The minimum absolute atomic E-state index is 0.137. The van der Waals surface area contributed by atoms with E-state index in [0.717, 1.165) is 69.0 Å². The number of nitrogens with zero attached hydrogens (tertiary/aromatic N) is 2. The van der Waals surface area contributed by atoms with Crippen LogP contribution in [0, 0.1) is 11.3 Å². The van der Waals surface area contributed by atoms with Crippen molar-refractivity contribution in [2.45, 2.75) is 88.5 Å². The Balaban J connectivity index is 1.43. The largest absolute Gasteiger partial charge is 0.465 e. The van der Waals surface area contributed by atoms with Crippen LogP contribution < -0.4 is 5.32 Å². The first-order valence-corrected chi connectivity index (χ1v) is 14.5. The van der Waals surface area contributed by atoms with Crippen LogP contribution in [0.3, 0.4) is 0 Å². The zero-order chi connectivity index (χ0) is 24.6. The highest BCUT2D eigenvalue weighted by Gasteiger charge is 2.26. The van der Waals surface area contributed by atoms with Gasteiger partial charge in [-0.05, 0) is 68.6 Å². The molecule has 0 saturated carbocycles. The fraction of sp³-hybridized carbons (Fsp3) is 0.556. The lowest BCUT2D eigenvalue weighted by molar-refractivity contribution is -0.115. The van der Waals surface area contributed by atoms with Gasteiger partial charge in [0.2, 0.25) is 5.91 Å². The molecule has 0 aromatic carbocycles. The van der Waals surface area contributed by atoms with E-state index in [2.05, 4.69) is 11.4 Å². The van der Waals surface area contributed by atoms with Crippen molar-refractivity contribution in [2.24, 2.45) is 0 Å². The van der Waals surface area contributed by atoms with E-state index >= 15 is 0 Å². The van der Waals surface area contributed by atoms with Gasteiger partial charge in [0.25, 0.3) is 0 Å². The summed E-state index contributed by atoms with van der Waals surface area (Å²) in [6, 6.07) is 4.29. The Bertz CT molecular complexity index is 1120. The molecule has 2 aromatic heterocycles. The SMILES string of the molecule is COC(=O)c1c(NC(=O)CCSc2nc3c(cc2C#N)CCCCCC3)sc2c1CCCCCC2. The second-order valence-corrected chi connectivity index (χ2v) is 11.4. The van der Waals surface area contributed by atoms with E-state index in [9.17, 15) is 14.9 Å². The van der Waals surface area contributed by atoms with Crippen molar-refractivity contribution in [2.75, 3.05) is 18.2 Å². The summed E-state index contributed by atoms with van der Waals surface area (Å²) >= 11 is 2.98. The number of methoxy groups -OCH3 is 1. The normalized spacial score (nSPS) is 15.9. The molecule has 0 fully saturated rings. The van der Waals surface area contributed by atoms with E-state index in [1.807, 2.05) is 6.07 Å². The summed E-state index contributed by atoms with van der Waals surface area (Å²) in [6.07, 6.45) is 13.3. The molecule has 1 amide bonds. The first-order valence-electron chi connectivity index (χ1n) is 12.7. The molecule has 2 aromatic rings. The molecule has 0 bridgehead atoms. The van der Waals surface area contributed by atoms with E-state index in [0.29, 0.717) is 26.9 Å². The summed E-state index contributed by atoms with van der Waals surface area (Å²) in [6.45, 7) is 0. The number of pyridine rings is 1. The summed E-state index contributed by atoms with van der Waals surface area (Å²) < 4.78 is 5.06. The maximum Gasteiger partial charge on any atom is 0.341 e. The Morgan fingerprint density at radius 2 is 1.80 bits per heavy atom. The molecule has 0 spiro atoms. The van der Waals surface area contributed by atoms with Crippen LogP contribution in [0.5, 0.6) is 0 Å². The number of aryl methyl sites for hydroxylation is 3. The van der Waals surface area contributed by atoms with Crippen LogP contribution in [0.2, 0.25) is 0 Å². The summed E-state index contributed by atoms with van der Waals surface area (Å²) in [5.74, 6) is 0.00307. The Kier molecular flexibility index (Phi) is 9.22. The van der Waals surface area contributed by atoms with Gasteiger partial charge < -0.3 is 10.1 Å². The number of aromatic nitrogens is 1. The first-order chi connectivity index (χ1) is 17.1. The van der Waals surface area contributed by atoms with Gasteiger partial charge in [-0.2, -0.15) is 5.26 Å². The molecule has 0 unspecified atom stereocenters. The predicted octanol–water partition coefficient (Wildman–Crippen LogP) is 6.24. The Morgan fingerprint density at radius 3 is 2.54 bits per heavy atom. The molecule has 4 rings (SSSR count). The molecule has 2 aliphatic carbocycles. The number of carbonyl (C=O) groups is 2. The molecule has 0 saturated heterocycles. The van der Waals surface area contributed by atoms with Gasteiger partial charge in [-0.15, -0.1) is 23.1 Å². The fourth-order valence-electron chi connectivity index (χ4n) is 4.91. The predicted molar refractivity (Wildman–Crippen MR) is 140 cm³/mol. The van der Waals surface area contributed by atoms with E-state index in [1.165, 1.54) is 59.9 Å².